The van der Waals surface area contributed by atoms with Crippen molar-refractivity contribution < 1.29 is 9.90 Å². The van der Waals surface area contributed by atoms with Crippen LogP contribution in [0.3, 0.4) is 0 Å². The lowest BCUT2D eigenvalue weighted by Crippen LogP contribution is -2.39. The van der Waals surface area contributed by atoms with Gasteiger partial charge in [-0.15, -0.1) is 0 Å². The number of aliphatic hydroxyl groups excluding tert-OH is 1. The number of carbonyl (C=O) groups excluding carboxylic acids is 1. The number of nitrogens with zero attached hydrogens (tertiary/aromatic N) is 1. The fourth-order valence-electron chi connectivity index (χ4n) is 1.77. The first-order chi connectivity index (χ1) is 8.97. The molecule has 1 unspecified atom stereocenters. The number of aliphatic hydroxyl groups is 1. The normalized spacial score (nSPS) is 12.3. The molecule has 0 fully saturated rings. The zero-order chi connectivity index (χ0) is 14.3. The molecule has 0 saturated carbocycles. The molecule has 0 bridgehead atoms. The van der Waals surface area contributed by atoms with E-state index in [1.54, 1.807) is 0 Å². The summed E-state index contributed by atoms with van der Waals surface area (Å²) in [5.74, 6) is 0.413. The minimum atomic E-state index is -0.497. The van der Waals surface area contributed by atoms with E-state index in [4.69, 9.17) is 0 Å². The fourth-order valence-corrected chi connectivity index (χ4v) is 1.77. The van der Waals surface area contributed by atoms with Crippen LogP contribution in [0.4, 0.5) is 4.79 Å². The molecule has 0 aliphatic heterocycles. The highest BCUT2D eigenvalue weighted by atomic mass is 16.3. The molecule has 1 aromatic rings. The molecule has 0 aliphatic rings. The molecule has 1 heterocycles. The number of hydrogen-bond acceptors (Lipinski definition) is 3. The molecule has 5 nitrogen and oxygen atoms in total. The van der Waals surface area contributed by atoms with E-state index >= 15 is 0 Å². The number of amides is 2. The van der Waals surface area contributed by atoms with Crippen LogP contribution in [0.25, 0.3) is 0 Å². The van der Waals surface area contributed by atoms with Crippen molar-refractivity contribution in [2.75, 3.05) is 6.54 Å². The van der Waals surface area contributed by atoms with E-state index in [0.29, 0.717) is 18.9 Å². The zero-order valence-corrected chi connectivity index (χ0v) is 11.8. The topological polar surface area (TPSA) is 74.2 Å². The third kappa shape index (κ3) is 6.76. The molecule has 1 aromatic heterocycles. The van der Waals surface area contributed by atoms with Crippen molar-refractivity contribution in [3.63, 3.8) is 0 Å². The summed E-state index contributed by atoms with van der Waals surface area (Å²) < 4.78 is 0. The van der Waals surface area contributed by atoms with Gasteiger partial charge >= 0.3 is 6.03 Å². The molecular weight excluding hydrogens is 242 g/mol. The van der Waals surface area contributed by atoms with Gasteiger partial charge in [0.1, 0.15) is 0 Å². The number of rotatable bonds is 6. The Morgan fingerprint density at radius 2 is 2.11 bits per heavy atom. The first-order valence-electron chi connectivity index (χ1n) is 6.59. The van der Waals surface area contributed by atoms with Gasteiger partial charge in [0.25, 0.3) is 0 Å². The minimum absolute atomic E-state index is 0.269. The largest absolute Gasteiger partial charge is 0.391 e. The number of hydrogen-bond donors (Lipinski definition) is 3. The predicted molar refractivity (Wildman–Crippen MR) is 74.7 cm³/mol. The van der Waals surface area contributed by atoms with E-state index in [2.05, 4.69) is 15.6 Å². The average molecular weight is 265 g/mol. The predicted octanol–water partition coefficient (Wildman–Crippen LogP) is 1.60. The monoisotopic (exact) mass is 265 g/mol. The van der Waals surface area contributed by atoms with Gasteiger partial charge < -0.3 is 15.7 Å². The van der Waals surface area contributed by atoms with Crippen LogP contribution in [0.2, 0.25) is 0 Å². The van der Waals surface area contributed by atoms with E-state index < -0.39 is 6.10 Å². The summed E-state index contributed by atoms with van der Waals surface area (Å²) in [5, 5.41) is 15.0. The summed E-state index contributed by atoms with van der Waals surface area (Å²) in [5.41, 5.74) is 1.74. The average Bonchev–Trinajstić information content (AvgIpc) is 2.33. The highest BCUT2D eigenvalue weighted by Gasteiger charge is 2.08. The smallest absolute Gasteiger partial charge is 0.315 e. The van der Waals surface area contributed by atoms with Gasteiger partial charge in [-0.1, -0.05) is 19.9 Å². The Hall–Kier alpha value is -1.62. The van der Waals surface area contributed by atoms with Crippen LogP contribution in [0.15, 0.2) is 18.2 Å². The summed E-state index contributed by atoms with van der Waals surface area (Å²) in [6.45, 7) is 6.63. The summed E-state index contributed by atoms with van der Waals surface area (Å²) in [6, 6.07) is 5.39. The molecule has 1 rings (SSSR count). The number of aryl methyl sites for hydroxylation is 1. The third-order valence-corrected chi connectivity index (χ3v) is 2.62. The molecule has 3 N–H and O–H groups in total. The Bertz CT molecular complexity index is 407. The van der Waals surface area contributed by atoms with Crippen molar-refractivity contribution in [3.8, 4) is 0 Å². The maximum atomic E-state index is 11.5. The minimum Gasteiger partial charge on any atom is -0.391 e. The lowest BCUT2D eigenvalue weighted by Gasteiger charge is -2.14. The van der Waals surface area contributed by atoms with Crippen molar-refractivity contribution in [2.24, 2.45) is 5.92 Å². The Kier molecular flexibility index (Phi) is 6.29. The van der Waals surface area contributed by atoms with Crippen molar-refractivity contribution in [1.29, 1.82) is 0 Å². The molecule has 2 amide bonds. The highest BCUT2D eigenvalue weighted by Crippen LogP contribution is 2.03. The summed E-state index contributed by atoms with van der Waals surface area (Å²) in [6.07, 6.45) is 0.183. The van der Waals surface area contributed by atoms with Gasteiger partial charge in [-0.05, 0) is 31.4 Å². The van der Waals surface area contributed by atoms with E-state index in [1.165, 1.54) is 0 Å². The maximum Gasteiger partial charge on any atom is 0.315 e. The zero-order valence-electron chi connectivity index (χ0n) is 11.8. The Labute approximate surface area is 114 Å². The molecule has 19 heavy (non-hydrogen) atoms. The highest BCUT2D eigenvalue weighted by molar-refractivity contribution is 5.73. The molecule has 5 heteroatoms. The second-order valence-electron chi connectivity index (χ2n) is 5.12. The quantitative estimate of drug-likeness (QED) is 0.731. The standard InChI is InChI=1S/C14H23N3O2/c1-10(2)7-13(18)9-16-14(19)15-8-12-6-4-5-11(3)17-12/h4-6,10,13,18H,7-9H2,1-3H3,(H2,15,16,19). The number of carbonyl (C=O) groups is 1. The van der Waals surface area contributed by atoms with Gasteiger partial charge in [0, 0.05) is 12.2 Å². The van der Waals surface area contributed by atoms with Crippen molar-refractivity contribution in [3.05, 3.63) is 29.6 Å². The number of urea groups is 1. The van der Waals surface area contributed by atoms with Crippen LogP contribution in [0.5, 0.6) is 0 Å². The first-order valence-corrected chi connectivity index (χ1v) is 6.59. The van der Waals surface area contributed by atoms with Crippen LogP contribution >= 0.6 is 0 Å². The molecule has 0 aromatic carbocycles. The van der Waals surface area contributed by atoms with Gasteiger partial charge in [-0.2, -0.15) is 0 Å². The lowest BCUT2D eigenvalue weighted by molar-refractivity contribution is 0.147. The van der Waals surface area contributed by atoms with Crippen LogP contribution < -0.4 is 10.6 Å². The van der Waals surface area contributed by atoms with Gasteiger partial charge in [-0.3, -0.25) is 4.98 Å². The van der Waals surface area contributed by atoms with Crippen molar-refractivity contribution in [1.82, 2.24) is 15.6 Å². The van der Waals surface area contributed by atoms with Crippen molar-refractivity contribution >= 4 is 6.03 Å². The summed E-state index contributed by atoms with van der Waals surface area (Å²) >= 11 is 0. The Balaban J connectivity index is 2.25. The van der Waals surface area contributed by atoms with Gasteiger partial charge in [0.2, 0.25) is 0 Å². The SMILES string of the molecule is Cc1cccc(CNC(=O)NCC(O)CC(C)C)n1. The van der Waals surface area contributed by atoms with E-state index in [0.717, 1.165) is 11.4 Å². The van der Waals surface area contributed by atoms with Gasteiger partial charge in [0.15, 0.2) is 0 Å². The Morgan fingerprint density at radius 1 is 1.37 bits per heavy atom. The molecule has 0 spiro atoms. The lowest BCUT2D eigenvalue weighted by atomic mass is 10.1. The second-order valence-corrected chi connectivity index (χ2v) is 5.12. The number of aromatic nitrogens is 1. The molecular formula is C14H23N3O2. The van der Waals surface area contributed by atoms with E-state index in [-0.39, 0.29) is 12.6 Å². The van der Waals surface area contributed by atoms with Crippen LogP contribution in [-0.2, 0) is 6.54 Å². The summed E-state index contributed by atoms with van der Waals surface area (Å²) in [7, 11) is 0. The fraction of sp³-hybridized carbons (Fsp3) is 0.571. The van der Waals surface area contributed by atoms with Crippen molar-refractivity contribution in [2.45, 2.75) is 39.8 Å². The first kappa shape index (κ1) is 15.4. The number of pyridine rings is 1. The van der Waals surface area contributed by atoms with Gasteiger partial charge in [-0.25, -0.2) is 4.79 Å². The van der Waals surface area contributed by atoms with Crippen LogP contribution in [0.1, 0.15) is 31.7 Å². The third-order valence-electron chi connectivity index (χ3n) is 2.62. The molecule has 106 valence electrons. The van der Waals surface area contributed by atoms with Crippen LogP contribution in [-0.4, -0.2) is 28.8 Å². The molecule has 1 atom stereocenters. The van der Waals surface area contributed by atoms with Crippen LogP contribution in [0, 0.1) is 12.8 Å². The molecule has 0 saturated heterocycles. The van der Waals surface area contributed by atoms with E-state index in [1.807, 2.05) is 39.0 Å². The molecule has 0 radical (unpaired) electrons. The molecule has 0 aliphatic carbocycles. The summed E-state index contributed by atoms with van der Waals surface area (Å²) in [4.78, 5) is 15.8. The van der Waals surface area contributed by atoms with E-state index in [9.17, 15) is 9.90 Å². The Morgan fingerprint density at radius 3 is 2.74 bits per heavy atom. The maximum absolute atomic E-state index is 11.5. The second kappa shape index (κ2) is 7.74. The van der Waals surface area contributed by atoms with Gasteiger partial charge in [0.05, 0.1) is 18.3 Å². The number of nitrogens with one attached hydrogen (secondary N) is 2.